The predicted molar refractivity (Wildman–Crippen MR) is 80.8 cm³/mol. The first kappa shape index (κ1) is 17.5. The summed E-state index contributed by atoms with van der Waals surface area (Å²) in [5, 5.41) is 11.6. The van der Waals surface area contributed by atoms with Crippen LogP contribution in [-0.4, -0.2) is 28.8 Å². The fourth-order valence-corrected chi connectivity index (χ4v) is 2.59. The highest BCUT2D eigenvalue weighted by Gasteiger charge is 2.32. The van der Waals surface area contributed by atoms with E-state index in [0.29, 0.717) is 10.6 Å². The van der Waals surface area contributed by atoms with Crippen molar-refractivity contribution in [1.29, 1.82) is 0 Å². The summed E-state index contributed by atoms with van der Waals surface area (Å²) in [6.07, 6.45) is 0.138. The number of nitrogens with one attached hydrogen (secondary N) is 1. The van der Waals surface area contributed by atoms with Crippen molar-refractivity contribution >= 4 is 23.6 Å². The summed E-state index contributed by atoms with van der Waals surface area (Å²) >= 11 is 1.24. The van der Waals surface area contributed by atoms with Crippen molar-refractivity contribution in [1.82, 2.24) is 5.32 Å². The first-order valence-electron chi connectivity index (χ1n) is 6.61. The van der Waals surface area contributed by atoms with Gasteiger partial charge in [0.05, 0.1) is 0 Å². The highest BCUT2D eigenvalue weighted by molar-refractivity contribution is 7.99. The van der Waals surface area contributed by atoms with Crippen LogP contribution in [0.15, 0.2) is 29.2 Å². The van der Waals surface area contributed by atoms with Crippen molar-refractivity contribution in [2.24, 2.45) is 5.41 Å². The van der Waals surface area contributed by atoms with Gasteiger partial charge in [-0.05, 0) is 17.5 Å². The maximum Gasteiger partial charge on any atom is 0.326 e. The van der Waals surface area contributed by atoms with Crippen LogP contribution in [0.4, 0.5) is 4.39 Å². The number of hydrogen-bond donors (Lipinski definition) is 2. The molecular weight excluding hydrogens is 293 g/mol. The van der Waals surface area contributed by atoms with Gasteiger partial charge in [0.25, 0.3) is 0 Å². The van der Waals surface area contributed by atoms with Gasteiger partial charge in [-0.1, -0.05) is 32.9 Å². The Morgan fingerprint density at radius 3 is 2.48 bits per heavy atom. The quantitative estimate of drug-likeness (QED) is 0.793. The molecule has 1 aromatic carbocycles. The van der Waals surface area contributed by atoms with E-state index in [9.17, 15) is 14.0 Å². The van der Waals surface area contributed by atoms with Crippen molar-refractivity contribution in [3.8, 4) is 0 Å². The molecule has 0 heterocycles. The molecule has 0 fully saturated rings. The van der Waals surface area contributed by atoms with Crippen LogP contribution >= 0.6 is 11.8 Å². The second-order valence-electron chi connectivity index (χ2n) is 5.73. The topological polar surface area (TPSA) is 66.4 Å². The third kappa shape index (κ3) is 5.75. The largest absolute Gasteiger partial charge is 0.480 e. The average molecular weight is 313 g/mol. The zero-order valence-electron chi connectivity index (χ0n) is 12.4. The Balaban J connectivity index is 2.47. The summed E-state index contributed by atoms with van der Waals surface area (Å²) in [5.74, 6) is -1.33. The number of carbonyl (C=O) groups is 2. The molecule has 0 aliphatic heterocycles. The third-order valence-corrected chi connectivity index (χ3v) is 3.89. The van der Waals surface area contributed by atoms with Gasteiger partial charge in [-0.25, -0.2) is 9.18 Å². The second-order valence-corrected chi connectivity index (χ2v) is 6.87. The minimum Gasteiger partial charge on any atom is -0.480 e. The number of aliphatic carboxylic acids is 1. The highest BCUT2D eigenvalue weighted by Crippen LogP contribution is 2.22. The molecular formula is C15H20FNO3S. The highest BCUT2D eigenvalue weighted by atomic mass is 32.2. The Kier molecular flexibility index (Phi) is 6.20. The average Bonchev–Trinajstić information content (AvgIpc) is 2.36. The van der Waals surface area contributed by atoms with E-state index >= 15 is 0 Å². The molecule has 2 N–H and O–H groups in total. The second kappa shape index (κ2) is 7.45. The van der Waals surface area contributed by atoms with Gasteiger partial charge in [0.15, 0.2) is 0 Å². The summed E-state index contributed by atoms with van der Waals surface area (Å²) < 4.78 is 13.4. The molecule has 1 atom stereocenters. The molecule has 4 nitrogen and oxygen atoms in total. The number of carboxylic acids is 1. The molecule has 0 spiro atoms. The number of benzene rings is 1. The van der Waals surface area contributed by atoms with Crippen molar-refractivity contribution in [3.63, 3.8) is 0 Å². The molecule has 0 aliphatic rings. The SMILES string of the molecule is CC(C)(C)[C@@H](NC(=O)CCSc1ccccc1F)C(=O)O. The van der Waals surface area contributed by atoms with Crippen molar-refractivity contribution in [2.45, 2.75) is 38.1 Å². The van der Waals surface area contributed by atoms with Crippen LogP contribution in [-0.2, 0) is 9.59 Å². The smallest absolute Gasteiger partial charge is 0.326 e. The van der Waals surface area contributed by atoms with Crippen LogP contribution < -0.4 is 5.32 Å². The van der Waals surface area contributed by atoms with Crippen LogP contribution in [0.5, 0.6) is 0 Å². The summed E-state index contributed by atoms with van der Waals surface area (Å²) in [7, 11) is 0. The minimum absolute atomic E-state index is 0.138. The Hall–Kier alpha value is -1.56. The fraction of sp³-hybridized carbons (Fsp3) is 0.467. The lowest BCUT2D eigenvalue weighted by molar-refractivity contribution is -0.144. The van der Waals surface area contributed by atoms with E-state index in [2.05, 4.69) is 5.32 Å². The van der Waals surface area contributed by atoms with Crippen LogP contribution in [0.3, 0.4) is 0 Å². The van der Waals surface area contributed by atoms with Crippen LogP contribution in [0.2, 0.25) is 0 Å². The molecule has 116 valence electrons. The molecule has 0 bridgehead atoms. The number of hydrogen-bond acceptors (Lipinski definition) is 3. The molecule has 0 unspecified atom stereocenters. The van der Waals surface area contributed by atoms with E-state index in [1.54, 1.807) is 39.0 Å². The molecule has 1 aromatic rings. The summed E-state index contributed by atoms with van der Waals surface area (Å²) in [6, 6.07) is 5.40. The first-order valence-corrected chi connectivity index (χ1v) is 7.60. The van der Waals surface area contributed by atoms with Crippen molar-refractivity contribution in [2.75, 3.05) is 5.75 Å². The van der Waals surface area contributed by atoms with E-state index in [-0.39, 0.29) is 18.1 Å². The lowest BCUT2D eigenvalue weighted by atomic mass is 9.87. The maximum atomic E-state index is 13.4. The van der Waals surface area contributed by atoms with E-state index in [0.717, 1.165) is 0 Å². The molecule has 0 aliphatic carbocycles. The molecule has 21 heavy (non-hydrogen) atoms. The van der Waals surface area contributed by atoms with Crippen LogP contribution in [0.25, 0.3) is 0 Å². The number of carboxylic acid groups (broad SMARTS) is 1. The monoisotopic (exact) mass is 313 g/mol. The molecule has 6 heteroatoms. The number of thioether (sulfide) groups is 1. The standard InChI is InChI=1S/C15H20FNO3S/c1-15(2,3)13(14(19)20)17-12(18)8-9-21-11-7-5-4-6-10(11)16/h4-7,13H,8-9H2,1-3H3,(H,17,18)(H,19,20)/t13-/m0/s1. The van der Waals surface area contributed by atoms with Gasteiger partial charge in [-0.15, -0.1) is 11.8 Å². The van der Waals surface area contributed by atoms with Gasteiger partial charge in [0.1, 0.15) is 11.9 Å². The van der Waals surface area contributed by atoms with E-state index < -0.39 is 17.4 Å². The number of rotatable bonds is 6. The van der Waals surface area contributed by atoms with Crippen LogP contribution in [0.1, 0.15) is 27.2 Å². The van der Waals surface area contributed by atoms with E-state index in [1.165, 1.54) is 17.8 Å². The molecule has 1 rings (SSSR count). The summed E-state index contributed by atoms with van der Waals surface area (Å²) in [5.41, 5.74) is -0.569. The zero-order valence-corrected chi connectivity index (χ0v) is 13.2. The number of carbonyl (C=O) groups excluding carboxylic acids is 1. The fourth-order valence-electron chi connectivity index (χ4n) is 1.70. The van der Waals surface area contributed by atoms with Gasteiger partial charge in [0.2, 0.25) is 5.91 Å². The molecule has 0 aromatic heterocycles. The van der Waals surface area contributed by atoms with Gasteiger partial charge in [-0.3, -0.25) is 4.79 Å². The van der Waals surface area contributed by atoms with Gasteiger partial charge < -0.3 is 10.4 Å². The van der Waals surface area contributed by atoms with Gasteiger partial charge in [0, 0.05) is 17.1 Å². The summed E-state index contributed by atoms with van der Waals surface area (Å²) in [6.45, 7) is 5.25. The van der Waals surface area contributed by atoms with Crippen molar-refractivity contribution in [3.05, 3.63) is 30.1 Å². The maximum absolute atomic E-state index is 13.4. The number of halogens is 1. The minimum atomic E-state index is -1.06. The molecule has 0 saturated carbocycles. The molecule has 0 radical (unpaired) electrons. The summed E-state index contributed by atoms with van der Waals surface area (Å²) in [4.78, 5) is 23.4. The van der Waals surface area contributed by atoms with Gasteiger partial charge in [-0.2, -0.15) is 0 Å². The lowest BCUT2D eigenvalue weighted by Gasteiger charge is -2.27. The Morgan fingerprint density at radius 1 is 1.33 bits per heavy atom. The first-order chi connectivity index (χ1) is 9.71. The normalized spacial score (nSPS) is 12.8. The Morgan fingerprint density at radius 2 is 1.95 bits per heavy atom. The predicted octanol–water partition coefficient (Wildman–Crippen LogP) is 2.92. The third-order valence-electron chi connectivity index (χ3n) is 2.84. The lowest BCUT2D eigenvalue weighted by Crippen LogP contribution is -2.49. The Labute approximate surface area is 128 Å². The van der Waals surface area contributed by atoms with E-state index in [4.69, 9.17) is 5.11 Å². The molecule has 1 amide bonds. The van der Waals surface area contributed by atoms with E-state index in [1.807, 2.05) is 0 Å². The van der Waals surface area contributed by atoms with Crippen molar-refractivity contribution < 1.29 is 19.1 Å². The Bertz CT molecular complexity index is 514. The van der Waals surface area contributed by atoms with Gasteiger partial charge >= 0.3 is 5.97 Å². The zero-order chi connectivity index (χ0) is 16.0. The molecule has 0 saturated heterocycles. The number of amides is 1. The van der Waals surface area contributed by atoms with Crippen LogP contribution in [0, 0.1) is 11.2 Å².